The molecule has 0 spiro atoms. The minimum Gasteiger partial charge on any atom is -0.348 e. The number of aromatic nitrogens is 1. The van der Waals surface area contributed by atoms with Crippen molar-refractivity contribution in [3.05, 3.63) is 208 Å². The molecule has 0 radical (unpaired) electrons. The summed E-state index contributed by atoms with van der Waals surface area (Å²) in [7, 11) is 0. The molecule has 8 bridgehead atoms. The van der Waals surface area contributed by atoms with Crippen molar-refractivity contribution in [2.75, 3.05) is 13.2 Å². The van der Waals surface area contributed by atoms with Gasteiger partial charge in [0, 0.05) is 33.9 Å². The van der Waals surface area contributed by atoms with Crippen LogP contribution in [0.15, 0.2) is 189 Å². The number of rotatable bonds is 7. The molecule has 7 nitrogen and oxygen atoms in total. The van der Waals surface area contributed by atoms with Gasteiger partial charge in [0.2, 0.25) is 0 Å². The zero-order chi connectivity index (χ0) is 40.8. The van der Waals surface area contributed by atoms with E-state index in [9.17, 15) is 0 Å². The van der Waals surface area contributed by atoms with Crippen LogP contribution in [0.3, 0.4) is 0 Å². The zero-order valence-electron chi connectivity index (χ0n) is 34.3. The minimum absolute atomic E-state index is 0.0257. The van der Waals surface area contributed by atoms with Gasteiger partial charge in [-0.05, 0) is 107 Å². The molecule has 60 heavy (non-hydrogen) atoms. The van der Waals surface area contributed by atoms with Gasteiger partial charge in [-0.3, -0.25) is 4.98 Å². The highest BCUT2D eigenvalue weighted by Gasteiger charge is 2.32. The number of fused-ring (bicyclic) bond motifs is 4. The first-order chi connectivity index (χ1) is 29.4. The van der Waals surface area contributed by atoms with Crippen molar-refractivity contribution in [1.29, 1.82) is 0 Å². The number of nitrogens with zero attached hydrogens (tertiary/aromatic N) is 5. The second-order valence-corrected chi connectivity index (χ2v) is 16.3. The molecule has 0 aliphatic carbocycles. The molecule has 6 aliphatic heterocycles. The van der Waals surface area contributed by atoms with Crippen molar-refractivity contribution >= 4 is 45.1 Å². The van der Waals surface area contributed by atoms with Crippen molar-refractivity contribution in [3.63, 3.8) is 0 Å². The fourth-order valence-electron chi connectivity index (χ4n) is 8.57. The Labute approximate surface area is 351 Å². The lowest BCUT2D eigenvalue weighted by Crippen LogP contribution is -2.34. The fourth-order valence-corrected chi connectivity index (χ4v) is 8.57. The molecule has 10 rings (SSSR count). The predicted octanol–water partition coefficient (Wildman–Crippen LogP) is 11.3. The zero-order valence-corrected chi connectivity index (χ0v) is 34.3. The third-order valence-corrected chi connectivity index (χ3v) is 11.6. The monoisotopic (exact) mass is 783 g/mol. The third kappa shape index (κ3) is 6.89. The predicted molar refractivity (Wildman–Crippen MR) is 245 cm³/mol. The van der Waals surface area contributed by atoms with E-state index in [1.165, 1.54) is 11.1 Å². The third-order valence-electron chi connectivity index (χ3n) is 11.6. The summed E-state index contributed by atoms with van der Waals surface area (Å²) in [6, 6.07) is 31.4. The number of aryl methyl sites for hydroxylation is 2. The molecule has 1 fully saturated rings. The Morgan fingerprint density at radius 1 is 0.517 bits per heavy atom. The maximum atomic E-state index is 6.37. The van der Waals surface area contributed by atoms with E-state index in [0.717, 1.165) is 109 Å². The van der Waals surface area contributed by atoms with E-state index in [-0.39, 0.29) is 5.41 Å². The number of benzene rings is 3. The maximum absolute atomic E-state index is 6.37. The van der Waals surface area contributed by atoms with Gasteiger partial charge in [-0.2, -0.15) is 0 Å². The van der Waals surface area contributed by atoms with Gasteiger partial charge >= 0.3 is 0 Å². The summed E-state index contributed by atoms with van der Waals surface area (Å²) in [5.41, 5.74) is 17.7. The van der Waals surface area contributed by atoms with Crippen LogP contribution in [0.25, 0.3) is 22.3 Å². The van der Waals surface area contributed by atoms with E-state index in [0.29, 0.717) is 13.2 Å². The Morgan fingerprint density at radius 2 is 0.983 bits per heavy atom. The molecular formula is C53H45N5O2. The smallest absolute Gasteiger partial charge is 0.184 e. The molecule has 0 saturated carbocycles. The molecule has 3 aromatic carbocycles. The Bertz CT molecular complexity index is 2780. The van der Waals surface area contributed by atoms with Gasteiger partial charge < -0.3 is 9.47 Å². The molecule has 1 aromatic heterocycles. The Morgan fingerprint density at radius 3 is 1.48 bits per heavy atom. The first-order valence-corrected chi connectivity index (χ1v) is 20.8. The summed E-state index contributed by atoms with van der Waals surface area (Å²) < 4.78 is 12.7. The van der Waals surface area contributed by atoms with Gasteiger partial charge in [0.25, 0.3) is 0 Å². The van der Waals surface area contributed by atoms with Crippen LogP contribution in [0, 0.1) is 5.41 Å². The van der Waals surface area contributed by atoms with Gasteiger partial charge in [0.1, 0.15) is 0 Å². The molecule has 4 aromatic rings. The van der Waals surface area contributed by atoms with Crippen LogP contribution in [-0.2, 0) is 22.3 Å². The van der Waals surface area contributed by atoms with E-state index >= 15 is 0 Å². The molecule has 0 N–H and O–H groups in total. The number of hydrogen-bond donors (Lipinski definition) is 0. The summed E-state index contributed by atoms with van der Waals surface area (Å²) in [5, 5.41) is 0. The summed E-state index contributed by atoms with van der Waals surface area (Å²) in [6.45, 7) is 10.1. The van der Waals surface area contributed by atoms with Gasteiger partial charge in [0.05, 0.1) is 70.1 Å². The van der Waals surface area contributed by atoms with E-state index in [1.54, 1.807) is 0 Å². The van der Waals surface area contributed by atoms with Gasteiger partial charge in [-0.25, -0.2) is 20.0 Å². The molecule has 1 saturated heterocycles. The van der Waals surface area contributed by atoms with E-state index < -0.39 is 6.29 Å². The van der Waals surface area contributed by atoms with Crippen molar-refractivity contribution in [2.24, 2.45) is 25.4 Å². The number of aliphatic imine (C=N–C) groups is 4. The van der Waals surface area contributed by atoms with Crippen LogP contribution >= 0.6 is 0 Å². The second kappa shape index (κ2) is 15.5. The number of hydrogen-bond acceptors (Lipinski definition) is 7. The highest BCUT2D eigenvalue weighted by Crippen LogP contribution is 2.41. The first-order valence-electron chi connectivity index (χ1n) is 20.8. The lowest BCUT2D eigenvalue weighted by Gasteiger charge is -2.35. The van der Waals surface area contributed by atoms with Crippen LogP contribution in [-0.4, -0.2) is 41.0 Å². The standard InChI is InChI=1S/C53H45N5O2/c1-5-33-30-38(52-59-31-53(3,4)32-60-52)34(6-2)29-37(33)50-44-24-20-40(55-44)48(35-15-9-7-10-16-35)42-22-26-46(57-42)51(39-19-13-14-28-54-39)47-27-23-43(58-47)49(36-17-11-8-12-18-36)41-21-25-45(50)56-41/h7-30,52H,5-6,31-32H2,1-4H3. The summed E-state index contributed by atoms with van der Waals surface area (Å²) in [5.74, 6) is 0. The maximum Gasteiger partial charge on any atom is 0.184 e. The topological polar surface area (TPSA) is 80.8 Å². The summed E-state index contributed by atoms with van der Waals surface area (Å²) in [4.78, 5) is 26.5. The number of pyridine rings is 1. The van der Waals surface area contributed by atoms with Crippen LogP contribution in [0.5, 0.6) is 0 Å². The quantitative estimate of drug-likeness (QED) is 0.187. The van der Waals surface area contributed by atoms with Crippen LogP contribution in [0.2, 0.25) is 0 Å². The van der Waals surface area contributed by atoms with Gasteiger partial charge in [-0.1, -0.05) is 100 Å². The van der Waals surface area contributed by atoms with Crippen molar-refractivity contribution in [1.82, 2.24) is 4.98 Å². The second-order valence-electron chi connectivity index (χ2n) is 16.3. The van der Waals surface area contributed by atoms with E-state index in [4.69, 9.17) is 34.4 Å². The molecule has 294 valence electrons. The number of ether oxygens (including phenoxy) is 2. The lowest BCUT2D eigenvalue weighted by molar-refractivity contribution is -0.226. The highest BCUT2D eigenvalue weighted by molar-refractivity contribution is 6.39. The average Bonchev–Trinajstić information content (AvgIpc) is 4.13. The largest absolute Gasteiger partial charge is 0.348 e. The lowest BCUT2D eigenvalue weighted by atomic mass is 9.88. The van der Waals surface area contributed by atoms with E-state index in [1.807, 2.05) is 36.5 Å². The Kier molecular flexibility index (Phi) is 9.71. The number of allylic oxidation sites excluding steroid dienone is 12. The molecule has 6 aliphatic rings. The highest BCUT2D eigenvalue weighted by atomic mass is 16.7. The van der Waals surface area contributed by atoms with Gasteiger partial charge in [0.15, 0.2) is 6.29 Å². The van der Waals surface area contributed by atoms with Crippen LogP contribution in [0.1, 0.15) is 73.1 Å². The fraction of sp³-hybridized carbons (Fsp3) is 0.189. The van der Waals surface area contributed by atoms with Crippen LogP contribution < -0.4 is 0 Å². The molecule has 7 heteroatoms. The normalized spacial score (nSPS) is 19.5. The minimum atomic E-state index is -0.410. The molecule has 0 atom stereocenters. The molecule has 0 amide bonds. The molecule has 0 unspecified atom stereocenters. The molecular weight excluding hydrogens is 739 g/mol. The molecule has 7 heterocycles. The van der Waals surface area contributed by atoms with E-state index in [2.05, 4.69) is 137 Å². The Hall–Kier alpha value is -6.67. The SMILES string of the molecule is CCc1cc(C2OCC(C)(C)CO2)c(CC)cc1C1=C2C=CC(=N2)C(c2ccccc2)=C2C=CC(=N2)C(c2ccccn2)=C2C=CC(=N2)C(c2ccccc2)=C2C=CC1=N2. The first kappa shape index (κ1) is 37.6. The van der Waals surface area contributed by atoms with Crippen molar-refractivity contribution < 1.29 is 9.47 Å². The summed E-state index contributed by atoms with van der Waals surface area (Å²) >= 11 is 0. The van der Waals surface area contributed by atoms with Gasteiger partial charge in [-0.15, -0.1) is 0 Å². The van der Waals surface area contributed by atoms with Crippen LogP contribution in [0.4, 0.5) is 0 Å². The Balaban J connectivity index is 1.25. The van der Waals surface area contributed by atoms with Crippen molar-refractivity contribution in [2.45, 2.75) is 46.8 Å². The van der Waals surface area contributed by atoms with Crippen molar-refractivity contribution in [3.8, 4) is 0 Å². The average molecular weight is 784 g/mol. The summed E-state index contributed by atoms with van der Waals surface area (Å²) in [6.07, 6.45) is 19.9.